The largest absolute Gasteiger partial charge is 0.496 e. The molecule has 0 radical (unpaired) electrons. The highest BCUT2D eigenvalue weighted by molar-refractivity contribution is 5.87. The van der Waals surface area contributed by atoms with E-state index in [9.17, 15) is 4.79 Å². The number of anilines is 2. The number of nitrogen functional groups attached to an aromatic ring is 1. The standard InChI is InChI=1S/C22H30N4O3/c1-5-7-12-24-21-18(15(3)25-22(23)26-21)14-17-10-8-16(13-19(17)28-4)9-11-20(27)29-6-2/h8-11,13H,5-7,12,14H2,1-4H3,(H3,23,24,25,26)/b11-9+. The Hall–Kier alpha value is -3.09. The van der Waals surface area contributed by atoms with E-state index in [0.29, 0.717) is 13.0 Å². The maximum absolute atomic E-state index is 11.5. The molecule has 2 rings (SSSR count). The molecule has 0 saturated heterocycles. The lowest BCUT2D eigenvalue weighted by Crippen LogP contribution is -2.11. The highest BCUT2D eigenvalue weighted by atomic mass is 16.5. The van der Waals surface area contributed by atoms with Crippen LogP contribution in [0.2, 0.25) is 0 Å². The number of methoxy groups -OCH3 is 1. The second-order valence-corrected chi connectivity index (χ2v) is 6.61. The van der Waals surface area contributed by atoms with Crippen molar-refractivity contribution in [1.82, 2.24) is 9.97 Å². The number of ether oxygens (including phenoxy) is 2. The number of carbonyl (C=O) groups excluding carboxylic acids is 1. The van der Waals surface area contributed by atoms with E-state index in [1.54, 1.807) is 20.1 Å². The fourth-order valence-electron chi connectivity index (χ4n) is 2.92. The Morgan fingerprint density at radius 3 is 2.76 bits per heavy atom. The maximum atomic E-state index is 11.5. The number of unbranched alkanes of at least 4 members (excludes halogenated alkanes) is 1. The van der Waals surface area contributed by atoms with Gasteiger partial charge in [-0.2, -0.15) is 4.98 Å². The van der Waals surface area contributed by atoms with Crippen LogP contribution in [0.3, 0.4) is 0 Å². The van der Waals surface area contributed by atoms with Crippen molar-refractivity contribution in [2.45, 2.75) is 40.0 Å². The summed E-state index contributed by atoms with van der Waals surface area (Å²) in [6.45, 7) is 7.03. The van der Waals surface area contributed by atoms with Gasteiger partial charge in [0.2, 0.25) is 5.95 Å². The number of nitrogens with one attached hydrogen (secondary N) is 1. The van der Waals surface area contributed by atoms with Crippen LogP contribution < -0.4 is 15.8 Å². The van der Waals surface area contributed by atoms with Gasteiger partial charge in [0.1, 0.15) is 11.6 Å². The normalized spacial score (nSPS) is 10.9. The summed E-state index contributed by atoms with van der Waals surface area (Å²) in [5.41, 5.74) is 9.52. The van der Waals surface area contributed by atoms with Gasteiger partial charge in [0.25, 0.3) is 0 Å². The number of nitrogens with zero attached hydrogens (tertiary/aromatic N) is 2. The van der Waals surface area contributed by atoms with Crippen molar-refractivity contribution in [2.75, 3.05) is 31.3 Å². The molecule has 0 aliphatic heterocycles. The van der Waals surface area contributed by atoms with Crippen LogP contribution in [0, 0.1) is 6.92 Å². The molecule has 1 aromatic carbocycles. The molecule has 0 bridgehead atoms. The number of hydrogen-bond acceptors (Lipinski definition) is 7. The Balaban J connectivity index is 2.28. The van der Waals surface area contributed by atoms with E-state index in [-0.39, 0.29) is 11.9 Å². The molecule has 29 heavy (non-hydrogen) atoms. The van der Waals surface area contributed by atoms with Gasteiger partial charge in [0, 0.05) is 30.3 Å². The zero-order valence-electron chi connectivity index (χ0n) is 17.6. The summed E-state index contributed by atoms with van der Waals surface area (Å²) in [5, 5.41) is 3.38. The molecule has 2 aromatic rings. The van der Waals surface area contributed by atoms with Crippen molar-refractivity contribution in [2.24, 2.45) is 0 Å². The molecule has 7 nitrogen and oxygen atoms in total. The molecule has 0 amide bonds. The SMILES string of the molecule is CCCCNc1nc(N)nc(C)c1Cc1ccc(/C=C/C(=O)OCC)cc1OC. The van der Waals surface area contributed by atoms with Gasteiger partial charge < -0.3 is 20.5 Å². The topological polar surface area (TPSA) is 99.4 Å². The van der Waals surface area contributed by atoms with Crippen LogP contribution in [0.25, 0.3) is 6.08 Å². The first kappa shape index (κ1) is 22.2. The Kier molecular flexibility index (Phi) is 8.45. The van der Waals surface area contributed by atoms with E-state index < -0.39 is 0 Å². The molecule has 7 heteroatoms. The van der Waals surface area contributed by atoms with Gasteiger partial charge in [0.05, 0.1) is 13.7 Å². The first-order valence-electron chi connectivity index (χ1n) is 9.87. The molecule has 0 atom stereocenters. The van der Waals surface area contributed by atoms with Crippen molar-refractivity contribution in [1.29, 1.82) is 0 Å². The van der Waals surface area contributed by atoms with E-state index >= 15 is 0 Å². The fourth-order valence-corrected chi connectivity index (χ4v) is 2.92. The summed E-state index contributed by atoms with van der Waals surface area (Å²) < 4.78 is 10.5. The second kappa shape index (κ2) is 11.0. The first-order chi connectivity index (χ1) is 14.0. The van der Waals surface area contributed by atoms with E-state index in [1.165, 1.54) is 6.08 Å². The molecule has 0 fully saturated rings. The summed E-state index contributed by atoms with van der Waals surface area (Å²) in [4.78, 5) is 20.2. The molecule has 0 saturated carbocycles. The predicted molar refractivity (Wildman–Crippen MR) is 116 cm³/mol. The minimum Gasteiger partial charge on any atom is -0.496 e. The van der Waals surface area contributed by atoms with Crippen LogP contribution in [0.5, 0.6) is 5.75 Å². The maximum Gasteiger partial charge on any atom is 0.330 e. The van der Waals surface area contributed by atoms with Gasteiger partial charge in [-0.15, -0.1) is 0 Å². The lowest BCUT2D eigenvalue weighted by atomic mass is 10.0. The van der Waals surface area contributed by atoms with Crippen LogP contribution in [0.1, 0.15) is 49.1 Å². The Morgan fingerprint density at radius 1 is 1.28 bits per heavy atom. The van der Waals surface area contributed by atoms with Gasteiger partial charge in [-0.05, 0) is 43.5 Å². The summed E-state index contributed by atoms with van der Waals surface area (Å²) >= 11 is 0. The van der Waals surface area contributed by atoms with E-state index in [1.807, 2.05) is 25.1 Å². The zero-order valence-corrected chi connectivity index (χ0v) is 17.6. The van der Waals surface area contributed by atoms with Crippen molar-refractivity contribution in [3.05, 3.63) is 46.7 Å². The molecule has 156 valence electrons. The van der Waals surface area contributed by atoms with Gasteiger partial charge in [0.15, 0.2) is 0 Å². The van der Waals surface area contributed by atoms with Crippen LogP contribution in [0.15, 0.2) is 24.3 Å². The smallest absolute Gasteiger partial charge is 0.330 e. The van der Waals surface area contributed by atoms with Gasteiger partial charge in [-0.25, -0.2) is 9.78 Å². The Labute approximate surface area is 172 Å². The number of aromatic nitrogens is 2. The monoisotopic (exact) mass is 398 g/mol. The number of esters is 1. The zero-order chi connectivity index (χ0) is 21.2. The van der Waals surface area contributed by atoms with Gasteiger partial charge in [-0.1, -0.05) is 25.5 Å². The number of nitrogens with two attached hydrogens (primary N) is 1. The minimum absolute atomic E-state index is 0.261. The van der Waals surface area contributed by atoms with Gasteiger partial charge >= 0.3 is 5.97 Å². The molecule has 0 aliphatic carbocycles. The second-order valence-electron chi connectivity index (χ2n) is 6.61. The first-order valence-corrected chi connectivity index (χ1v) is 9.87. The van der Waals surface area contributed by atoms with Crippen LogP contribution in [-0.2, 0) is 16.0 Å². The number of aryl methyl sites for hydroxylation is 1. The molecular weight excluding hydrogens is 368 g/mol. The molecular formula is C22H30N4O3. The number of carbonyl (C=O) groups is 1. The molecule has 0 spiro atoms. The van der Waals surface area contributed by atoms with Crippen LogP contribution in [0.4, 0.5) is 11.8 Å². The van der Waals surface area contributed by atoms with Crippen LogP contribution >= 0.6 is 0 Å². The molecule has 0 unspecified atom stereocenters. The van der Waals surface area contributed by atoms with E-state index in [2.05, 4.69) is 22.2 Å². The van der Waals surface area contributed by atoms with E-state index in [0.717, 1.165) is 53.3 Å². The van der Waals surface area contributed by atoms with Crippen LogP contribution in [-0.4, -0.2) is 36.2 Å². The van der Waals surface area contributed by atoms with Crippen molar-refractivity contribution in [3.8, 4) is 5.75 Å². The predicted octanol–water partition coefficient (Wildman–Crippen LogP) is 3.75. The summed E-state index contributed by atoms with van der Waals surface area (Å²) in [7, 11) is 1.63. The number of hydrogen-bond donors (Lipinski definition) is 2. The minimum atomic E-state index is -0.368. The average molecular weight is 399 g/mol. The van der Waals surface area contributed by atoms with Crippen molar-refractivity contribution in [3.63, 3.8) is 0 Å². The fraction of sp³-hybridized carbons (Fsp3) is 0.409. The molecule has 0 aliphatic rings. The highest BCUT2D eigenvalue weighted by Gasteiger charge is 2.14. The van der Waals surface area contributed by atoms with E-state index in [4.69, 9.17) is 15.2 Å². The van der Waals surface area contributed by atoms with Gasteiger partial charge in [-0.3, -0.25) is 0 Å². The summed E-state index contributed by atoms with van der Waals surface area (Å²) in [5.74, 6) is 1.38. The lowest BCUT2D eigenvalue weighted by Gasteiger charge is -2.15. The Morgan fingerprint density at radius 2 is 2.07 bits per heavy atom. The number of benzene rings is 1. The quantitative estimate of drug-likeness (QED) is 0.357. The third-order valence-electron chi connectivity index (χ3n) is 4.43. The van der Waals surface area contributed by atoms with Crippen molar-refractivity contribution < 1.29 is 14.3 Å². The number of rotatable bonds is 10. The lowest BCUT2D eigenvalue weighted by molar-refractivity contribution is -0.137. The van der Waals surface area contributed by atoms with Crippen molar-refractivity contribution >= 4 is 23.8 Å². The molecule has 3 N–H and O–H groups in total. The average Bonchev–Trinajstić information content (AvgIpc) is 2.69. The third kappa shape index (κ3) is 6.48. The third-order valence-corrected chi connectivity index (χ3v) is 4.43. The summed E-state index contributed by atoms with van der Waals surface area (Å²) in [6, 6.07) is 5.81. The molecule has 1 heterocycles. The molecule has 1 aromatic heterocycles. The highest BCUT2D eigenvalue weighted by Crippen LogP contribution is 2.28. The summed E-state index contributed by atoms with van der Waals surface area (Å²) in [6.07, 6.45) is 5.86. The Bertz CT molecular complexity index is 865.